The van der Waals surface area contributed by atoms with E-state index in [-0.39, 0.29) is 17.9 Å². The molecule has 35 heavy (non-hydrogen) atoms. The lowest BCUT2D eigenvalue weighted by Crippen LogP contribution is -2.39. The zero-order valence-electron chi connectivity index (χ0n) is 20.8. The van der Waals surface area contributed by atoms with Crippen molar-refractivity contribution in [2.24, 2.45) is 13.0 Å². The maximum atomic E-state index is 12.7. The van der Waals surface area contributed by atoms with Crippen LogP contribution >= 0.6 is 0 Å². The zero-order valence-corrected chi connectivity index (χ0v) is 20.8. The quantitative estimate of drug-likeness (QED) is 0.494. The summed E-state index contributed by atoms with van der Waals surface area (Å²) in [4.78, 5) is 15.2. The number of likely N-dealkylation sites (tertiary alicyclic amines) is 1. The van der Waals surface area contributed by atoms with Crippen LogP contribution in [0.4, 0.5) is 0 Å². The van der Waals surface area contributed by atoms with Gasteiger partial charge in [0.1, 0.15) is 11.6 Å². The third-order valence-corrected chi connectivity index (χ3v) is 7.88. The summed E-state index contributed by atoms with van der Waals surface area (Å²) in [5, 5.41) is 12.4. The van der Waals surface area contributed by atoms with E-state index in [0.717, 1.165) is 69.8 Å². The molecule has 5 rings (SSSR count). The van der Waals surface area contributed by atoms with Crippen molar-refractivity contribution in [1.29, 1.82) is 0 Å². The molecule has 0 spiro atoms. The molecule has 1 amide bonds. The number of amides is 1. The van der Waals surface area contributed by atoms with E-state index in [1.165, 1.54) is 17.5 Å². The largest absolute Gasteiger partial charge is 0.349 e. The highest BCUT2D eigenvalue weighted by atomic mass is 16.2. The summed E-state index contributed by atoms with van der Waals surface area (Å²) in [7, 11) is 2.11. The molecule has 2 heterocycles. The van der Waals surface area contributed by atoms with E-state index in [4.69, 9.17) is 0 Å². The van der Waals surface area contributed by atoms with Gasteiger partial charge in [0.15, 0.2) is 0 Å². The Morgan fingerprint density at radius 3 is 2.31 bits per heavy atom. The summed E-state index contributed by atoms with van der Waals surface area (Å²) in [6.07, 6.45) is 7.21. The molecule has 1 atom stereocenters. The fraction of sp³-hybridized carbons (Fsp3) is 0.483. The lowest BCUT2D eigenvalue weighted by atomic mass is 9.84. The first-order valence-corrected chi connectivity index (χ1v) is 13.2. The van der Waals surface area contributed by atoms with Crippen LogP contribution in [0.5, 0.6) is 0 Å². The Morgan fingerprint density at radius 1 is 0.971 bits per heavy atom. The predicted molar refractivity (Wildman–Crippen MR) is 138 cm³/mol. The van der Waals surface area contributed by atoms with E-state index in [1.54, 1.807) is 0 Å². The minimum absolute atomic E-state index is 0.0845. The number of hydrogen-bond acceptors (Lipinski definition) is 4. The van der Waals surface area contributed by atoms with Crippen LogP contribution in [-0.2, 0) is 18.3 Å². The third-order valence-electron chi connectivity index (χ3n) is 7.88. The molecule has 1 aliphatic carbocycles. The van der Waals surface area contributed by atoms with Gasteiger partial charge in [0, 0.05) is 31.8 Å². The Bertz CT molecular complexity index is 1080. The number of hydrogen-bond donors (Lipinski definition) is 1. The van der Waals surface area contributed by atoms with Crippen molar-refractivity contribution in [3.8, 4) is 0 Å². The first-order valence-electron chi connectivity index (χ1n) is 13.2. The third kappa shape index (κ3) is 5.81. The lowest BCUT2D eigenvalue weighted by Gasteiger charge is -2.33. The molecule has 3 aromatic rings. The van der Waals surface area contributed by atoms with Gasteiger partial charge in [-0.2, -0.15) is 0 Å². The Morgan fingerprint density at radius 2 is 1.66 bits per heavy atom. The standard InChI is InChI=1S/C29H37N5O/c1-33-27(21-22-9-4-2-5-10-22)31-32-28(33)24-15-18-34(19-16-24)20-17-26(23-11-6-3-7-12-23)30-29(35)25-13-8-14-25/h2-7,9-12,24-26H,8,13-21H2,1H3,(H,30,35)/t26-/m0/s1. The van der Waals surface area contributed by atoms with Gasteiger partial charge < -0.3 is 14.8 Å². The molecule has 1 saturated heterocycles. The molecule has 1 N–H and O–H groups in total. The number of rotatable bonds is 9. The molecular weight excluding hydrogens is 434 g/mol. The van der Waals surface area contributed by atoms with Gasteiger partial charge >= 0.3 is 0 Å². The van der Waals surface area contributed by atoms with Gasteiger partial charge in [-0.15, -0.1) is 10.2 Å². The van der Waals surface area contributed by atoms with Crippen molar-refractivity contribution < 1.29 is 4.79 Å². The van der Waals surface area contributed by atoms with Crippen LogP contribution < -0.4 is 5.32 Å². The Labute approximate surface area is 208 Å². The van der Waals surface area contributed by atoms with Crippen LogP contribution in [0.15, 0.2) is 60.7 Å². The highest BCUT2D eigenvalue weighted by molar-refractivity contribution is 5.79. The second-order valence-corrected chi connectivity index (χ2v) is 10.2. The molecular formula is C29H37N5O. The van der Waals surface area contributed by atoms with Crippen molar-refractivity contribution in [3.05, 3.63) is 83.4 Å². The fourth-order valence-electron chi connectivity index (χ4n) is 5.36. The Kier molecular flexibility index (Phi) is 7.57. The van der Waals surface area contributed by atoms with Crippen LogP contribution in [0, 0.1) is 5.92 Å². The highest BCUT2D eigenvalue weighted by Crippen LogP contribution is 2.30. The average molecular weight is 472 g/mol. The van der Waals surface area contributed by atoms with E-state index in [0.29, 0.717) is 5.92 Å². The van der Waals surface area contributed by atoms with Crippen molar-refractivity contribution >= 4 is 5.91 Å². The van der Waals surface area contributed by atoms with Crippen molar-refractivity contribution in [2.75, 3.05) is 19.6 Å². The van der Waals surface area contributed by atoms with Gasteiger partial charge in [-0.25, -0.2) is 0 Å². The van der Waals surface area contributed by atoms with E-state index in [9.17, 15) is 4.79 Å². The smallest absolute Gasteiger partial charge is 0.223 e. The second kappa shape index (κ2) is 11.2. The van der Waals surface area contributed by atoms with E-state index < -0.39 is 0 Å². The zero-order chi connectivity index (χ0) is 24.0. The van der Waals surface area contributed by atoms with Crippen LogP contribution in [0.2, 0.25) is 0 Å². The summed E-state index contributed by atoms with van der Waals surface area (Å²) in [5.74, 6) is 3.05. The Hall–Kier alpha value is -2.99. The van der Waals surface area contributed by atoms with Gasteiger partial charge in [-0.05, 0) is 56.3 Å². The molecule has 1 saturated carbocycles. The minimum atomic E-state index is 0.0845. The van der Waals surface area contributed by atoms with Gasteiger partial charge in [-0.1, -0.05) is 67.1 Å². The number of aromatic nitrogens is 3. The molecule has 6 nitrogen and oxygen atoms in total. The van der Waals surface area contributed by atoms with E-state index in [2.05, 4.69) is 80.6 Å². The van der Waals surface area contributed by atoms with Crippen LogP contribution in [0.3, 0.4) is 0 Å². The maximum absolute atomic E-state index is 12.7. The molecule has 184 valence electrons. The predicted octanol–water partition coefficient (Wildman–Crippen LogP) is 4.63. The maximum Gasteiger partial charge on any atom is 0.223 e. The van der Waals surface area contributed by atoms with E-state index in [1.807, 2.05) is 12.1 Å². The molecule has 0 unspecified atom stereocenters. The van der Waals surface area contributed by atoms with Crippen molar-refractivity contribution in [1.82, 2.24) is 25.0 Å². The molecule has 0 radical (unpaired) electrons. The van der Waals surface area contributed by atoms with Gasteiger partial charge in [0.05, 0.1) is 6.04 Å². The minimum Gasteiger partial charge on any atom is -0.349 e. The lowest BCUT2D eigenvalue weighted by molar-refractivity contribution is -0.128. The molecule has 1 aromatic heterocycles. The summed E-state index contributed by atoms with van der Waals surface area (Å²) < 4.78 is 2.20. The number of nitrogens with one attached hydrogen (secondary N) is 1. The number of benzene rings is 2. The normalized spacial score (nSPS) is 18.2. The molecule has 0 bridgehead atoms. The first kappa shape index (κ1) is 23.7. The van der Waals surface area contributed by atoms with Crippen molar-refractivity contribution in [3.63, 3.8) is 0 Å². The van der Waals surface area contributed by atoms with Crippen molar-refractivity contribution in [2.45, 2.75) is 56.9 Å². The Balaban J connectivity index is 1.15. The van der Waals surface area contributed by atoms with Gasteiger partial charge in [0.25, 0.3) is 0 Å². The topological polar surface area (TPSA) is 63.1 Å². The average Bonchev–Trinajstić information content (AvgIpc) is 3.22. The SMILES string of the molecule is Cn1c(Cc2ccccc2)nnc1C1CCN(CC[C@H](NC(=O)C2CCC2)c2ccccc2)CC1. The molecule has 6 heteroatoms. The monoisotopic (exact) mass is 471 g/mol. The van der Waals surface area contributed by atoms with Crippen LogP contribution in [0.25, 0.3) is 0 Å². The van der Waals surface area contributed by atoms with Gasteiger partial charge in [0.2, 0.25) is 5.91 Å². The number of carbonyl (C=O) groups excluding carboxylic acids is 1. The first-order chi connectivity index (χ1) is 17.2. The van der Waals surface area contributed by atoms with E-state index >= 15 is 0 Å². The fourth-order valence-corrected chi connectivity index (χ4v) is 5.36. The number of piperidine rings is 1. The molecule has 2 aliphatic rings. The van der Waals surface area contributed by atoms with Crippen LogP contribution in [0.1, 0.15) is 73.3 Å². The summed E-state index contributed by atoms with van der Waals surface area (Å²) in [5.41, 5.74) is 2.47. The van der Waals surface area contributed by atoms with Gasteiger partial charge in [-0.3, -0.25) is 4.79 Å². The molecule has 2 aromatic carbocycles. The number of nitrogens with zero attached hydrogens (tertiary/aromatic N) is 4. The highest BCUT2D eigenvalue weighted by Gasteiger charge is 2.29. The summed E-state index contributed by atoms with van der Waals surface area (Å²) >= 11 is 0. The molecule has 2 fully saturated rings. The summed E-state index contributed by atoms with van der Waals surface area (Å²) in [6, 6.07) is 21.0. The number of carbonyl (C=O) groups is 1. The van der Waals surface area contributed by atoms with Crippen LogP contribution in [-0.4, -0.2) is 45.2 Å². The molecule has 1 aliphatic heterocycles. The summed E-state index contributed by atoms with van der Waals surface area (Å²) in [6.45, 7) is 3.11. The second-order valence-electron chi connectivity index (χ2n) is 10.2.